The normalized spacial score (nSPS) is 23.1. The van der Waals surface area contributed by atoms with Gasteiger partial charge in [-0.15, -0.1) is 0 Å². The molecule has 0 amide bonds. The van der Waals surface area contributed by atoms with Crippen molar-refractivity contribution in [2.45, 2.75) is 36.0 Å². The average molecular weight is 458 g/mol. The molecule has 31 heavy (non-hydrogen) atoms. The molecule has 6 nitrogen and oxygen atoms in total. The number of fused-ring (bicyclic) bond motifs is 1. The first-order valence-electron chi connectivity index (χ1n) is 9.32. The van der Waals surface area contributed by atoms with Gasteiger partial charge in [-0.2, -0.15) is 17.5 Å². The van der Waals surface area contributed by atoms with Crippen molar-refractivity contribution in [3.8, 4) is 11.4 Å². The maximum absolute atomic E-state index is 14.6. The molecule has 0 unspecified atom stereocenters. The van der Waals surface area contributed by atoms with Crippen LogP contribution in [0.2, 0.25) is 0 Å². The number of hydrogen-bond acceptors (Lipinski definition) is 4. The van der Waals surface area contributed by atoms with Crippen molar-refractivity contribution in [2.24, 2.45) is 5.92 Å². The van der Waals surface area contributed by atoms with Crippen LogP contribution in [0.25, 0.3) is 22.3 Å². The molecule has 0 radical (unpaired) electrons. The fraction of sp³-hybridized carbons (Fsp3) is 0.368. The number of nitrogens with one attached hydrogen (secondary N) is 1. The number of aromatic nitrogens is 3. The monoisotopic (exact) mass is 458 g/mol. The van der Waals surface area contributed by atoms with Gasteiger partial charge in [0.25, 0.3) is 10.0 Å². The number of aromatic amines is 1. The average Bonchev–Trinajstić information content (AvgIpc) is 3.06. The van der Waals surface area contributed by atoms with Crippen LogP contribution in [0.5, 0.6) is 0 Å². The molecule has 3 aliphatic rings. The zero-order valence-electron chi connectivity index (χ0n) is 16.0. The van der Waals surface area contributed by atoms with Gasteiger partial charge in [-0.05, 0) is 37.3 Å². The van der Waals surface area contributed by atoms with E-state index in [9.17, 15) is 30.4 Å². The maximum Gasteiger partial charge on any atom is 0.417 e. The van der Waals surface area contributed by atoms with E-state index in [-0.39, 0.29) is 11.5 Å². The van der Waals surface area contributed by atoms with E-state index in [1.54, 1.807) is 0 Å². The topological polar surface area (TPSA) is 79.0 Å². The number of alkyl halides is 3. The molecular weight excluding hydrogens is 443 g/mol. The third kappa shape index (κ3) is 2.88. The van der Waals surface area contributed by atoms with E-state index in [4.69, 9.17) is 0 Å². The van der Waals surface area contributed by atoms with Crippen LogP contribution in [0.15, 0.2) is 29.6 Å². The van der Waals surface area contributed by atoms with Crippen LogP contribution >= 0.6 is 0 Å². The molecule has 2 heterocycles. The summed E-state index contributed by atoms with van der Waals surface area (Å²) >= 11 is 0. The van der Waals surface area contributed by atoms with Gasteiger partial charge in [-0.3, -0.25) is 0 Å². The minimum atomic E-state index is -4.99. The van der Waals surface area contributed by atoms with E-state index in [0.717, 1.165) is 25.3 Å². The fourth-order valence-electron chi connectivity index (χ4n) is 4.50. The third-order valence-electron chi connectivity index (χ3n) is 6.30. The predicted octanol–water partition coefficient (Wildman–Crippen LogP) is 4.09. The van der Waals surface area contributed by atoms with Gasteiger partial charge in [0.1, 0.15) is 10.8 Å². The molecule has 164 valence electrons. The van der Waals surface area contributed by atoms with Crippen molar-refractivity contribution >= 4 is 20.9 Å². The Bertz CT molecular complexity index is 1300. The Labute approximate surface area is 173 Å². The number of benzene rings is 1. The molecule has 1 N–H and O–H groups in total. The molecule has 1 aromatic carbocycles. The smallest absolute Gasteiger partial charge is 0.342 e. The zero-order valence-corrected chi connectivity index (χ0v) is 16.8. The lowest BCUT2D eigenvalue weighted by molar-refractivity contribution is -0.137. The molecule has 3 aliphatic carbocycles. The van der Waals surface area contributed by atoms with Crippen molar-refractivity contribution in [3.05, 3.63) is 41.7 Å². The number of halogens is 5. The van der Waals surface area contributed by atoms with Crippen LogP contribution in [-0.2, 0) is 16.2 Å². The van der Waals surface area contributed by atoms with Crippen LogP contribution in [0, 0.1) is 17.6 Å². The minimum Gasteiger partial charge on any atom is -0.342 e. The summed E-state index contributed by atoms with van der Waals surface area (Å²) < 4.78 is 96.3. The van der Waals surface area contributed by atoms with Crippen molar-refractivity contribution in [3.63, 3.8) is 0 Å². The largest absolute Gasteiger partial charge is 0.417 e. The van der Waals surface area contributed by atoms with Gasteiger partial charge < -0.3 is 4.98 Å². The summed E-state index contributed by atoms with van der Waals surface area (Å²) in [5.74, 6) is -2.15. The Balaban J connectivity index is 1.73. The Kier molecular flexibility index (Phi) is 4.08. The van der Waals surface area contributed by atoms with E-state index >= 15 is 0 Å². The van der Waals surface area contributed by atoms with Crippen LogP contribution < -0.4 is 0 Å². The molecule has 2 bridgehead atoms. The summed E-state index contributed by atoms with van der Waals surface area (Å²) in [5.41, 5.74) is -2.94. The lowest BCUT2D eigenvalue weighted by Gasteiger charge is -2.64. The molecule has 0 saturated heterocycles. The predicted molar refractivity (Wildman–Crippen MR) is 99.3 cm³/mol. The van der Waals surface area contributed by atoms with Crippen LogP contribution in [0.3, 0.4) is 0 Å². The quantitative estimate of drug-likeness (QED) is 0.598. The Morgan fingerprint density at radius 1 is 1.13 bits per heavy atom. The summed E-state index contributed by atoms with van der Waals surface area (Å²) in [6.45, 7) is 0. The molecular formula is C19H15F5N4O2S. The number of nitrogens with zero attached hydrogens (tertiary/aromatic N) is 3. The first-order valence-corrected chi connectivity index (χ1v) is 10.8. The lowest BCUT2D eigenvalue weighted by Crippen LogP contribution is -2.68. The standard InChI is InChI=1S/C19H15F5N4O2S/c1-28(18-4-9(5-18)6-18)31(29,30)14-2-11-15(17-25-7-10(20)8-26-17)12(19(22,23)24)3-13(21)16(11)27-14/h2-3,7-9,27H,4-6H2,1H3. The van der Waals surface area contributed by atoms with Crippen LogP contribution in [0.4, 0.5) is 22.0 Å². The molecule has 2 aromatic heterocycles. The second-order valence-electron chi connectivity index (χ2n) is 8.10. The highest BCUT2D eigenvalue weighted by atomic mass is 32.2. The summed E-state index contributed by atoms with van der Waals surface area (Å²) in [5, 5.41) is -0.792. The zero-order chi connectivity index (χ0) is 22.3. The van der Waals surface area contributed by atoms with Crippen molar-refractivity contribution in [2.75, 3.05) is 7.05 Å². The van der Waals surface area contributed by atoms with Gasteiger partial charge in [0.15, 0.2) is 11.6 Å². The van der Waals surface area contributed by atoms with E-state index in [1.165, 1.54) is 11.4 Å². The van der Waals surface area contributed by atoms with E-state index < -0.39 is 60.9 Å². The van der Waals surface area contributed by atoms with Gasteiger partial charge in [0.2, 0.25) is 0 Å². The van der Waals surface area contributed by atoms with E-state index in [0.29, 0.717) is 18.3 Å². The number of hydrogen-bond donors (Lipinski definition) is 1. The molecule has 3 saturated carbocycles. The second-order valence-corrected chi connectivity index (χ2v) is 10.0. The van der Waals surface area contributed by atoms with Gasteiger partial charge >= 0.3 is 6.18 Å². The molecule has 0 spiro atoms. The Morgan fingerprint density at radius 3 is 2.26 bits per heavy atom. The van der Waals surface area contributed by atoms with Crippen molar-refractivity contribution in [1.29, 1.82) is 0 Å². The third-order valence-corrected chi connectivity index (χ3v) is 8.19. The number of rotatable bonds is 4. The SMILES string of the molecule is CN(C12CC(C1)C2)S(=O)(=O)c1cc2c(-c3ncc(F)cn3)c(C(F)(F)F)cc(F)c2[nH]1. The first-order chi connectivity index (χ1) is 14.4. The molecule has 0 aliphatic heterocycles. The molecule has 3 fully saturated rings. The van der Waals surface area contributed by atoms with Crippen molar-refractivity contribution < 1.29 is 30.4 Å². The summed E-state index contributed by atoms with van der Waals surface area (Å²) in [6, 6.07) is 1.20. The minimum absolute atomic E-state index is 0.252. The summed E-state index contributed by atoms with van der Waals surface area (Å²) in [7, 11) is -2.71. The Morgan fingerprint density at radius 2 is 1.74 bits per heavy atom. The molecule has 6 rings (SSSR count). The maximum atomic E-state index is 14.6. The summed E-state index contributed by atoms with van der Waals surface area (Å²) in [6.07, 6.45) is -1.45. The molecule has 12 heteroatoms. The molecule has 3 aromatic rings. The van der Waals surface area contributed by atoms with Gasteiger partial charge in [-0.1, -0.05) is 0 Å². The lowest BCUT2D eigenvalue weighted by atomic mass is 9.50. The molecule has 0 atom stereocenters. The van der Waals surface area contributed by atoms with Crippen LogP contribution in [0.1, 0.15) is 24.8 Å². The number of H-pyrrole nitrogens is 1. The Hall–Kier alpha value is -2.60. The van der Waals surface area contributed by atoms with E-state index in [1.807, 2.05) is 0 Å². The number of sulfonamides is 1. The van der Waals surface area contributed by atoms with E-state index in [2.05, 4.69) is 15.0 Å². The van der Waals surface area contributed by atoms with Gasteiger partial charge in [0, 0.05) is 23.5 Å². The highest BCUT2D eigenvalue weighted by Crippen LogP contribution is 2.61. The van der Waals surface area contributed by atoms with Gasteiger partial charge in [-0.25, -0.2) is 27.2 Å². The van der Waals surface area contributed by atoms with Gasteiger partial charge in [0.05, 0.1) is 23.5 Å². The summed E-state index contributed by atoms with van der Waals surface area (Å²) in [4.78, 5) is 9.61. The van der Waals surface area contributed by atoms with Crippen LogP contribution in [-0.4, -0.2) is 40.3 Å². The first kappa shape index (κ1) is 20.3. The second kappa shape index (κ2) is 6.22. The highest BCUT2D eigenvalue weighted by Gasteiger charge is 2.61. The fourth-order valence-corrected chi connectivity index (χ4v) is 6.02. The van der Waals surface area contributed by atoms with Crippen molar-refractivity contribution in [1.82, 2.24) is 19.3 Å². The highest BCUT2D eigenvalue weighted by molar-refractivity contribution is 7.89.